The number of nitrogens with one attached hydrogen (secondary N) is 4. The Bertz CT molecular complexity index is 1520. The van der Waals surface area contributed by atoms with Crippen molar-refractivity contribution in [2.75, 3.05) is 16.4 Å². The second-order valence-corrected chi connectivity index (χ2v) is 10.1. The van der Waals surface area contributed by atoms with Crippen LogP contribution < -0.4 is 26.4 Å². The van der Waals surface area contributed by atoms with Crippen LogP contribution in [0.4, 0.5) is 22.0 Å². The number of para-hydroxylation sites is 1. The molecule has 0 fully saturated rings. The summed E-state index contributed by atoms with van der Waals surface area (Å²) in [5, 5.41) is 17.1. The minimum absolute atomic E-state index is 0.125. The molecule has 0 atom stereocenters. The molecule has 0 unspecified atom stereocenters. The summed E-state index contributed by atoms with van der Waals surface area (Å²) in [7, 11) is 0. The molecule has 4 rings (SSSR count). The van der Waals surface area contributed by atoms with Crippen LogP contribution in [-0.2, 0) is 0 Å². The molecule has 2 heterocycles. The highest BCUT2D eigenvalue weighted by atomic mass is 16.5. The van der Waals surface area contributed by atoms with Gasteiger partial charge in [0.05, 0.1) is 18.1 Å². The second kappa shape index (κ2) is 12.1. The smallest absolute Gasteiger partial charge is 0.324 e. The number of urea groups is 1. The van der Waals surface area contributed by atoms with Gasteiger partial charge >= 0.3 is 12.0 Å². The molecule has 10 heteroatoms. The first-order valence-electron chi connectivity index (χ1n) is 12.6. The van der Waals surface area contributed by atoms with Crippen molar-refractivity contribution in [1.29, 1.82) is 5.41 Å². The number of ether oxygens (including phenoxy) is 1. The number of hydrogen-bond acceptors (Lipinski definition) is 8. The molecule has 40 heavy (non-hydrogen) atoms. The van der Waals surface area contributed by atoms with Gasteiger partial charge < -0.3 is 26.5 Å². The molecule has 0 aliphatic carbocycles. The van der Waals surface area contributed by atoms with Crippen LogP contribution in [0.2, 0.25) is 0 Å². The molecule has 0 aliphatic heterocycles. The Labute approximate surface area is 233 Å². The lowest BCUT2D eigenvalue weighted by Crippen LogP contribution is -2.33. The number of allylic oxidation sites excluding steroid dienone is 1. The Balaban J connectivity index is 1.40. The molecule has 2 amide bonds. The van der Waals surface area contributed by atoms with Crippen LogP contribution in [0.15, 0.2) is 91.2 Å². The Morgan fingerprint density at radius 3 is 2.30 bits per heavy atom. The number of amides is 2. The molecule has 2 aromatic heterocycles. The third kappa shape index (κ3) is 7.41. The van der Waals surface area contributed by atoms with Crippen LogP contribution >= 0.6 is 0 Å². The third-order valence-electron chi connectivity index (χ3n) is 5.86. The van der Waals surface area contributed by atoms with Crippen LogP contribution in [-0.4, -0.2) is 26.7 Å². The minimum Gasteiger partial charge on any atom is -0.424 e. The van der Waals surface area contributed by atoms with Crippen molar-refractivity contribution in [1.82, 2.24) is 20.3 Å². The Morgan fingerprint density at radius 1 is 0.950 bits per heavy atom. The standard InChI is InChI=1S/C30H32N8O2/c1-19-8-5-6-10-24(19)37-26(16-25(31)30(2,3)4)38-28(39)36-21-17-34-29(35-18-21)40-22-13-11-20(12-14-22)23-9-7-15-33-27(23)32/h5-18,31,37H,1-4H3,(H2,32,33)(H2,36,38,39)/b26-16+,31-25?. The van der Waals surface area contributed by atoms with Gasteiger partial charge in [-0.1, -0.05) is 51.1 Å². The fourth-order valence-electron chi connectivity index (χ4n) is 3.51. The zero-order valence-corrected chi connectivity index (χ0v) is 22.8. The van der Waals surface area contributed by atoms with Crippen molar-refractivity contribution in [3.8, 4) is 22.9 Å². The molecule has 10 nitrogen and oxygen atoms in total. The normalized spacial score (nSPS) is 11.4. The first-order chi connectivity index (χ1) is 19.1. The monoisotopic (exact) mass is 536 g/mol. The first kappa shape index (κ1) is 27.8. The maximum Gasteiger partial charge on any atom is 0.324 e. The average molecular weight is 537 g/mol. The van der Waals surface area contributed by atoms with Crippen molar-refractivity contribution >= 4 is 28.9 Å². The number of nitrogens with zero attached hydrogens (tertiary/aromatic N) is 3. The van der Waals surface area contributed by atoms with Crippen molar-refractivity contribution in [3.05, 3.63) is 96.7 Å². The number of nitrogen functional groups attached to an aromatic ring is 1. The molecule has 0 saturated carbocycles. The number of aryl methyl sites for hydroxylation is 1. The van der Waals surface area contributed by atoms with Crippen LogP contribution in [0.1, 0.15) is 26.3 Å². The molecule has 204 valence electrons. The van der Waals surface area contributed by atoms with Gasteiger partial charge in [0, 0.05) is 34.7 Å². The van der Waals surface area contributed by atoms with Gasteiger partial charge in [-0.25, -0.2) is 19.7 Å². The number of benzene rings is 2. The SMILES string of the molecule is Cc1ccccc1N/C(=C\C(=N)C(C)(C)C)NC(=O)Nc1cnc(Oc2ccc(-c3cccnc3N)cc2)nc1. The number of carbonyl (C=O) groups is 1. The molecule has 0 spiro atoms. The zero-order valence-electron chi connectivity index (χ0n) is 22.8. The van der Waals surface area contributed by atoms with E-state index < -0.39 is 11.4 Å². The van der Waals surface area contributed by atoms with Gasteiger partial charge in [-0.05, 0) is 48.4 Å². The van der Waals surface area contributed by atoms with E-state index in [9.17, 15) is 4.79 Å². The zero-order chi connectivity index (χ0) is 28.7. The van der Waals surface area contributed by atoms with Crippen molar-refractivity contribution < 1.29 is 9.53 Å². The summed E-state index contributed by atoms with van der Waals surface area (Å²) in [5.74, 6) is 1.36. The Kier molecular flexibility index (Phi) is 8.39. The summed E-state index contributed by atoms with van der Waals surface area (Å²) >= 11 is 0. The van der Waals surface area contributed by atoms with Crippen LogP contribution in [0.3, 0.4) is 0 Å². The fourth-order valence-corrected chi connectivity index (χ4v) is 3.51. The summed E-state index contributed by atoms with van der Waals surface area (Å²) < 4.78 is 5.74. The lowest BCUT2D eigenvalue weighted by molar-refractivity contribution is 0.254. The predicted octanol–water partition coefficient (Wildman–Crippen LogP) is 6.36. The average Bonchev–Trinajstić information content (AvgIpc) is 2.91. The predicted molar refractivity (Wildman–Crippen MR) is 158 cm³/mol. The van der Waals surface area contributed by atoms with Gasteiger partial charge in [0.2, 0.25) is 0 Å². The number of pyridine rings is 1. The lowest BCUT2D eigenvalue weighted by atomic mass is 9.90. The molecule has 0 bridgehead atoms. The molecular weight excluding hydrogens is 504 g/mol. The summed E-state index contributed by atoms with van der Waals surface area (Å²) in [4.78, 5) is 25.3. The van der Waals surface area contributed by atoms with E-state index in [1.54, 1.807) is 24.4 Å². The maximum atomic E-state index is 12.8. The van der Waals surface area contributed by atoms with Crippen LogP contribution in [0.5, 0.6) is 11.8 Å². The van der Waals surface area contributed by atoms with Crippen LogP contribution in [0.25, 0.3) is 11.1 Å². The number of aromatic nitrogens is 3. The van der Waals surface area contributed by atoms with Gasteiger partial charge in [-0.2, -0.15) is 0 Å². The summed E-state index contributed by atoms with van der Waals surface area (Å²) in [6, 6.07) is 18.3. The summed E-state index contributed by atoms with van der Waals surface area (Å²) in [6.07, 6.45) is 6.14. The number of rotatable bonds is 8. The van der Waals surface area contributed by atoms with Crippen molar-refractivity contribution in [3.63, 3.8) is 0 Å². The maximum absolute atomic E-state index is 12.8. The first-order valence-corrected chi connectivity index (χ1v) is 12.6. The summed E-state index contributed by atoms with van der Waals surface area (Å²) in [6.45, 7) is 7.76. The van der Waals surface area contributed by atoms with Crippen molar-refractivity contribution in [2.45, 2.75) is 27.7 Å². The van der Waals surface area contributed by atoms with Gasteiger partial charge in [-0.3, -0.25) is 5.32 Å². The van der Waals surface area contributed by atoms with E-state index >= 15 is 0 Å². The number of carbonyl (C=O) groups excluding carboxylic acids is 1. The van der Waals surface area contributed by atoms with E-state index in [-0.39, 0.29) is 6.01 Å². The topological polar surface area (TPSA) is 151 Å². The lowest BCUT2D eigenvalue weighted by Gasteiger charge is -2.20. The Hall–Kier alpha value is -5.25. The number of anilines is 3. The molecule has 0 saturated heterocycles. The number of hydrogen-bond donors (Lipinski definition) is 5. The number of nitrogens with two attached hydrogens (primary N) is 1. The van der Waals surface area contributed by atoms with Crippen LogP contribution in [0, 0.1) is 17.7 Å². The highest BCUT2D eigenvalue weighted by Gasteiger charge is 2.17. The van der Waals surface area contributed by atoms with E-state index in [0.717, 1.165) is 22.4 Å². The molecule has 2 aromatic carbocycles. The van der Waals surface area contributed by atoms with Gasteiger partial charge in [-0.15, -0.1) is 0 Å². The molecular formula is C30H32N8O2. The van der Waals surface area contributed by atoms with E-state index in [2.05, 4.69) is 30.9 Å². The van der Waals surface area contributed by atoms with Gasteiger partial charge in [0.25, 0.3) is 0 Å². The van der Waals surface area contributed by atoms with E-state index in [1.807, 2.05) is 76.2 Å². The summed E-state index contributed by atoms with van der Waals surface area (Å²) in [5.41, 5.74) is 9.84. The van der Waals surface area contributed by atoms with E-state index in [4.69, 9.17) is 15.9 Å². The quantitative estimate of drug-likeness (QED) is 0.164. The highest BCUT2D eigenvalue weighted by Crippen LogP contribution is 2.27. The Morgan fingerprint density at radius 2 is 1.65 bits per heavy atom. The van der Waals surface area contributed by atoms with E-state index in [0.29, 0.717) is 28.8 Å². The minimum atomic E-state index is -0.517. The molecule has 0 radical (unpaired) electrons. The molecule has 0 aliphatic rings. The molecule has 6 N–H and O–H groups in total. The highest BCUT2D eigenvalue weighted by molar-refractivity contribution is 5.98. The van der Waals surface area contributed by atoms with E-state index in [1.165, 1.54) is 12.4 Å². The van der Waals surface area contributed by atoms with Crippen molar-refractivity contribution in [2.24, 2.45) is 5.41 Å². The molecule has 4 aromatic rings. The second-order valence-electron chi connectivity index (χ2n) is 10.1. The third-order valence-corrected chi connectivity index (χ3v) is 5.86. The fraction of sp³-hybridized carbons (Fsp3) is 0.167. The van der Waals surface area contributed by atoms with Gasteiger partial charge in [0.1, 0.15) is 17.4 Å². The largest absolute Gasteiger partial charge is 0.424 e. The van der Waals surface area contributed by atoms with Gasteiger partial charge in [0.15, 0.2) is 0 Å².